The lowest BCUT2D eigenvalue weighted by Crippen LogP contribution is -2.13. The molecule has 3 aromatic rings. The van der Waals surface area contributed by atoms with E-state index in [2.05, 4.69) is 11.6 Å². The lowest BCUT2D eigenvalue weighted by molar-refractivity contribution is 0.0956. The third kappa shape index (κ3) is 4.63. The summed E-state index contributed by atoms with van der Waals surface area (Å²) in [4.78, 5) is 17.1. The van der Waals surface area contributed by atoms with Crippen LogP contribution < -0.4 is 4.74 Å². The van der Waals surface area contributed by atoms with Crippen molar-refractivity contribution in [3.05, 3.63) is 89.5 Å². The molecule has 0 saturated carbocycles. The molecule has 0 atom stereocenters. The summed E-state index contributed by atoms with van der Waals surface area (Å²) in [6.45, 7) is 5.85. The van der Waals surface area contributed by atoms with Crippen molar-refractivity contribution in [2.45, 2.75) is 19.8 Å². The Hall–Kier alpha value is -3.60. The van der Waals surface area contributed by atoms with Crippen molar-refractivity contribution in [2.75, 3.05) is 7.11 Å². The van der Waals surface area contributed by atoms with Gasteiger partial charge < -0.3 is 9.84 Å². The molecule has 1 aromatic heterocycles. The summed E-state index contributed by atoms with van der Waals surface area (Å²) in [6.07, 6.45) is 9.42. The van der Waals surface area contributed by atoms with Crippen molar-refractivity contribution in [3.63, 3.8) is 0 Å². The quantitative estimate of drug-likeness (QED) is 0.459. The van der Waals surface area contributed by atoms with Crippen LogP contribution >= 0.6 is 0 Å². The molecule has 0 bridgehead atoms. The van der Waals surface area contributed by atoms with Crippen molar-refractivity contribution in [3.8, 4) is 11.5 Å². The van der Waals surface area contributed by atoms with Crippen LogP contribution in [-0.4, -0.2) is 27.7 Å². The first kappa shape index (κ1) is 20.1. The second kappa shape index (κ2) is 9.06. The number of ether oxygens (including phenoxy) is 1. The molecule has 0 spiro atoms. The second-order valence-electron chi connectivity index (χ2n) is 6.85. The van der Waals surface area contributed by atoms with Crippen molar-refractivity contribution >= 4 is 18.1 Å². The van der Waals surface area contributed by atoms with Crippen LogP contribution in [0.5, 0.6) is 11.5 Å². The standard InChI is InChI=1S/C24H24N2O3/c1-17(2)9-12-20-21(29-3)15-19(11-10-18-7-5-4-6-8-18)22(23(20)27)24(28)26-14-13-25-16-26/h4-8,10-11,13-16,27H,1,9,12H2,2-3H3/b11-10+. The molecule has 0 aliphatic heterocycles. The van der Waals surface area contributed by atoms with E-state index in [4.69, 9.17) is 4.74 Å². The Kier molecular flexibility index (Phi) is 6.29. The fraction of sp³-hybridized carbons (Fsp3) is 0.167. The van der Waals surface area contributed by atoms with Crippen LogP contribution in [0.1, 0.15) is 40.4 Å². The van der Waals surface area contributed by atoms with Crippen LogP contribution in [0.25, 0.3) is 12.2 Å². The molecule has 5 nitrogen and oxygen atoms in total. The molecule has 0 saturated heterocycles. The molecule has 148 valence electrons. The zero-order chi connectivity index (χ0) is 20.8. The molecule has 29 heavy (non-hydrogen) atoms. The molecule has 3 rings (SSSR count). The molecule has 1 heterocycles. The Bertz CT molecular complexity index is 1040. The van der Waals surface area contributed by atoms with E-state index >= 15 is 0 Å². The smallest absolute Gasteiger partial charge is 0.267 e. The van der Waals surface area contributed by atoms with Crippen LogP contribution in [0.3, 0.4) is 0 Å². The predicted molar refractivity (Wildman–Crippen MR) is 115 cm³/mol. The first-order valence-electron chi connectivity index (χ1n) is 9.34. The Morgan fingerprint density at radius 2 is 2.03 bits per heavy atom. The third-order valence-electron chi connectivity index (χ3n) is 4.62. The SMILES string of the molecule is C=C(C)CCc1c(OC)cc(/C=C/c2ccccc2)c(C(=O)n2ccnc2)c1O. The van der Waals surface area contributed by atoms with Gasteiger partial charge in [-0.25, -0.2) is 4.98 Å². The summed E-state index contributed by atoms with van der Waals surface area (Å²) in [5.41, 5.74) is 3.35. The fourth-order valence-corrected chi connectivity index (χ4v) is 3.08. The molecular weight excluding hydrogens is 364 g/mol. The Morgan fingerprint density at radius 3 is 2.66 bits per heavy atom. The number of imidazole rings is 1. The van der Waals surface area contributed by atoms with E-state index < -0.39 is 0 Å². The summed E-state index contributed by atoms with van der Waals surface area (Å²) in [6, 6.07) is 11.5. The summed E-state index contributed by atoms with van der Waals surface area (Å²) in [7, 11) is 1.56. The van der Waals surface area contributed by atoms with Gasteiger partial charge in [0.25, 0.3) is 5.91 Å². The minimum absolute atomic E-state index is 0.0722. The summed E-state index contributed by atoms with van der Waals surface area (Å²) in [5, 5.41) is 11.1. The number of phenols is 1. The van der Waals surface area contributed by atoms with Gasteiger partial charge in [0.2, 0.25) is 0 Å². The zero-order valence-electron chi connectivity index (χ0n) is 16.6. The minimum atomic E-state index is -0.355. The van der Waals surface area contributed by atoms with E-state index in [0.717, 1.165) is 11.1 Å². The maximum Gasteiger partial charge on any atom is 0.267 e. The molecular formula is C24H24N2O3. The Balaban J connectivity index is 2.14. The molecule has 0 radical (unpaired) electrons. The fourth-order valence-electron chi connectivity index (χ4n) is 3.08. The number of hydrogen-bond acceptors (Lipinski definition) is 4. The highest BCUT2D eigenvalue weighted by Crippen LogP contribution is 2.37. The van der Waals surface area contributed by atoms with E-state index in [1.807, 2.05) is 49.4 Å². The van der Waals surface area contributed by atoms with Crippen LogP contribution in [-0.2, 0) is 6.42 Å². The number of benzene rings is 2. The lowest BCUT2D eigenvalue weighted by atomic mass is 9.95. The molecule has 0 aliphatic rings. The maximum absolute atomic E-state index is 13.1. The summed E-state index contributed by atoms with van der Waals surface area (Å²) < 4.78 is 6.87. The van der Waals surface area contributed by atoms with E-state index in [-0.39, 0.29) is 17.2 Å². The number of phenolic OH excluding ortho intramolecular Hbond substituents is 1. The molecule has 0 aliphatic carbocycles. The van der Waals surface area contributed by atoms with E-state index in [1.54, 1.807) is 19.4 Å². The molecule has 5 heteroatoms. The van der Waals surface area contributed by atoms with Gasteiger partial charge in [-0.1, -0.05) is 48.1 Å². The number of hydrogen-bond donors (Lipinski definition) is 1. The van der Waals surface area contributed by atoms with Crippen molar-refractivity contribution < 1.29 is 14.6 Å². The number of aromatic nitrogens is 2. The lowest BCUT2D eigenvalue weighted by Gasteiger charge is -2.17. The first-order valence-corrected chi connectivity index (χ1v) is 9.34. The van der Waals surface area contributed by atoms with Crippen LogP contribution in [0, 0.1) is 0 Å². The second-order valence-corrected chi connectivity index (χ2v) is 6.85. The minimum Gasteiger partial charge on any atom is -0.507 e. The topological polar surface area (TPSA) is 64.4 Å². The van der Waals surface area contributed by atoms with Crippen LogP contribution in [0.2, 0.25) is 0 Å². The van der Waals surface area contributed by atoms with Gasteiger partial charge in [-0.2, -0.15) is 0 Å². The number of carbonyl (C=O) groups is 1. The normalized spacial score (nSPS) is 11.0. The number of methoxy groups -OCH3 is 1. The number of nitrogens with zero attached hydrogens (tertiary/aromatic N) is 2. The third-order valence-corrected chi connectivity index (χ3v) is 4.62. The largest absolute Gasteiger partial charge is 0.507 e. The van der Waals surface area contributed by atoms with Gasteiger partial charge in [-0.3, -0.25) is 9.36 Å². The average molecular weight is 388 g/mol. The number of allylic oxidation sites excluding steroid dienone is 1. The first-order chi connectivity index (χ1) is 14.0. The number of aromatic hydroxyl groups is 1. The molecule has 1 N–H and O–H groups in total. The van der Waals surface area contributed by atoms with Gasteiger partial charge >= 0.3 is 0 Å². The van der Waals surface area contributed by atoms with E-state index in [0.29, 0.717) is 29.7 Å². The van der Waals surface area contributed by atoms with Gasteiger partial charge in [0.1, 0.15) is 17.8 Å². The van der Waals surface area contributed by atoms with Gasteiger partial charge in [-0.15, -0.1) is 6.58 Å². The van der Waals surface area contributed by atoms with Crippen LogP contribution in [0.15, 0.2) is 67.3 Å². The molecule has 0 fully saturated rings. The number of rotatable bonds is 7. The summed E-state index contributed by atoms with van der Waals surface area (Å²) in [5.74, 6) is 0.114. The average Bonchev–Trinajstić information content (AvgIpc) is 3.26. The van der Waals surface area contributed by atoms with Gasteiger partial charge in [0, 0.05) is 18.0 Å². The Labute approximate surface area is 170 Å². The highest BCUT2D eigenvalue weighted by atomic mass is 16.5. The van der Waals surface area contributed by atoms with Crippen LogP contribution in [0.4, 0.5) is 0 Å². The molecule has 2 aromatic carbocycles. The number of carbonyl (C=O) groups excluding carboxylic acids is 1. The maximum atomic E-state index is 13.1. The zero-order valence-corrected chi connectivity index (χ0v) is 16.6. The van der Waals surface area contributed by atoms with E-state index in [9.17, 15) is 9.90 Å². The highest BCUT2D eigenvalue weighted by molar-refractivity contribution is 6.03. The van der Waals surface area contributed by atoms with Crippen molar-refractivity contribution in [1.29, 1.82) is 0 Å². The van der Waals surface area contributed by atoms with Gasteiger partial charge in [0.05, 0.1) is 12.7 Å². The van der Waals surface area contributed by atoms with Crippen molar-refractivity contribution in [1.82, 2.24) is 9.55 Å². The summed E-state index contributed by atoms with van der Waals surface area (Å²) >= 11 is 0. The predicted octanol–water partition coefficient (Wildman–Crippen LogP) is 4.96. The highest BCUT2D eigenvalue weighted by Gasteiger charge is 2.23. The van der Waals surface area contributed by atoms with E-state index in [1.165, 1.54) is 17.1 Å². The van der Waals surface area contributed by atoms with Gasteiger partial charge in [0.15, 0.2) is 0 Å². The van der Waals surface area contributed by atoms with Gasteiger partial charge in [-0.05, 0) is 37.0 Å². The molecule has 0 amide bonds. The monoisotopic (exact) mass is 388 g/mol. The molecule has 0 unspecified atom stereocenters. The van der Waals surface area contributed by atoms with Crippen molar-refractivity contribution in [2.24, 2.45) is 0 Å². The Morgan fingerprint density at radius 1 is 1.28 bits per heavy atom.